The minimum absolute atomic E-state index is 0.554. The van der Waals surface area contributed by atoms with E-state index in [1.54, 1.807) is 0 Å². The summed E-state index contributed by atoms with van der Waals surface area (Å²) < 4.78 is 5.79. The second kappa shape index (κ2) is 9.56. The summed E-state index contributed by atoms with van der Waals surface area (Å²) in [6.07, 6.45) is 4.19. The van der Waals surface area contributed by atoms with Crippen LogP contribution < -0.4 is 10.1 Å². The smallest absolute Gasteiger partial charge is 0.119 e. The molecule has 3 rings (SSSR count). The molecule has 0 atom stereocenters. The molecule has 0 saturated carbocycles. The normalized spacial score (nSPS) is 15.7. The van der Waals surface area contributed by atoms with Crippen molar-refractivity contribution in [3.05, 3.63) is 71.3 Å². The van der Waals surface area contributed by atoms with E-state index in [9.17, 15) is 0 Å². The Balaban J connectivity index is 1.44. The molecule has 0 aliphatic carbocycles. The molecular weight excluding hydrogens is 320 g/mol. The third-order valence-electron chi connectivity index (χ3n) is 4.80. The summed E-state index contributed by atoms with van der Waals surface area (Å²) in [4.78, 5) is 2.50. The van der Waals surface area contributed by atoms with Gasteiger partial charge in [-0.05, 0) is 40.8 Å². The van der Waals surface area contributed by atoms with Crippen molar-refractivity contribution in [1.29, 1.82) is 0 Å². The predicted molar refractivity (Wildman–Crippen MR) is 110 cm³/mol. The maximum absolute atomic E-state index is 5.79. The van der Waals surface area contributed by atoms with Gasteiger partial charge < -0.3 is 10.1 Å². The fraction of sp³-hybridized carbons (Fsp3) is 0.391. The molecule has 1 heterocycles. The fourth-order valence-corrected chi connectivity index (χ4v) is 3.14. The molecule has 1 aliphatic rings. The van der Waals surface area contributed by atoms with Crippen LogP contribution in [0, 0.1) is 0 Å². The SMILES string of the molecule is CC(C)c1ccc(OC/C=C/c2ccc(CN3CCNCC3)cc2)cc1. The third-order valence-corrected chi connectivity index (χ3v) is 4.80. The van der Waals surface area contributed by atoms with Gasteiger partial charge in [-0.2, -0.15) is 0 Å². The Morgan fingerprint density at radius 2 is 1.69 bits per heavy atom. The monoisotopic (exact) mass is 350 g/mol. The molecule has 1 aliphatic heterocycles. The number of ether oxygens (including phenoxy) is 1. The fourth-order valence-electron chi connectivity index (χ4n) is 3.14. The third kappa shape index (κ3) is 5.72. The summed E-state index contributed by atoms with van der Waals surface area (Å²) in [5.74, 6) is 1.48. The Bertz CT molecular complexity index is 683. The van der Waals surface area contributed by atoms with E-state index >= 15 is 0 Å². The zero-order valence-electron chi connectivity index (χ0n) is 15.9. The molecule has 0 aromatic heterocycles. The molecule has 2 aromatic carbocycles. The van der Waals surface area contributed by atoms with Crippen LogP contribution in [0.15, 0.2) is 54.6 Å². The van der Waals surface area contributed by atoms with Crippen LogP contribution in [0.4, 0.5) is 0 Å². The highest BCUT2D eigenvalue weighted by molar-refractivity contribution is 5.49. The average molecular weight is 351 g/mol. The molecular formula is C23H30N2O. The van der Waals surface area contributed by atoms with E-state index in [-0.39, 0.29) is 0 Å². The summed E-state index contributed by atoms with van der Waals surface area (Å²) >= 11 is 0. The first-order chi connectivity index (χ1) is 12.7. The van der Waals surface area contributed by atoms with Gasteiger partial charge in [-0.15, -0.1) is 0 Å². The molecule has 1 fully saturated rings. The van der Waals surface area contributed by atoms with Gasteiger partial charge >= 0.3 is 0 Å². The van der Waals surface area contributed by atoms with Crippen molar-refractivity contribution in [3.8, 4) is 5.75 Å². The molecule has 3 heteroatoms. The average Bonchev–Trinajstić information content (AvgIpc) is 2.68. The summed E-state index contributed by atoms with van der Waals surface area (Å²) in [5.41, 5.74) is 3.94. The van der Waals surface area contributed by atoms with E-state index in [1.807, 2.05) is 12.1 Å². The molecule has 1 saturated heterocycles. The molecule has 3 nitrogen and oxygen atoms in total. The second-order valence-corrected chi connectivity index (χ2v) is 7.20. The quantitative estimate of drug-likeness (QED) is 0.805. The Kier molecular flexibility index (Phi) is 6.87. The summed E-state index contributed by atoms with van der Waals surface area (Å²) in [6.45, 7) is 10.5. The van der Waals surface area contributed by atoms with Gasteiger partial charge in [0.25, 0.3) is 0 Å². The van der Waals surface area contributed by atoms with Crippen molar-refractivity contribution in [1.82, 2.24) is 10.2 Å². The van der Waals surface area contributed by atoms with Crippen LogP contribution in [0.1, 0.15) is 36.5 Å². The lowest BCUT2D eigenvalue weighted by atomic mass is 10.0. The Morgan fingerprint density at radius 3 is 2.35 bits per heavy atom. The molecule has 0 unspecified atom stereocenters. The molecule has 0 bridgehead atoms. The first kappa shape index (κ1) is 18.7. The largest absolute Gasteiger partial charge is 0.490 e. The van der Waals surface area contributed by atoms with E-state index in [4.69, 9.17) is 4.74 Å². The van der Waals surface area contributed by atoms with Crippen LogP contribution in [0.5, 0.6) is 5.75 Å². The maximum atomic E-state index is 5.79. The lowest BCUT2D eigenvalue weighted by Crippen LogP contribution is -2.42. The lowest BCUT2D eigenvalue weighted by Gasteiger charge is -2.27. The number of nitrogens with zero attached hydrogens (tertiary/aromatic N) is 1. The van der Waals surface area contributed by atoms with Gasteiger partial charge in [0.1, 0.15) is 12.4 Å². The highest BCUT2D eigenvalue weighted by atomic mass is 16.5. The van der Waals surface area contributed by atoms with Crippen LogP contribution in [-0.2, 0) is 6.54 Å². The Hall–Kier alpha value is -2.10. The molecule has 0 amide bonds. The molecule has 2 aromatic rings. The van der Waals surface area contributed by atoms with Gasteiger partial charge in [0.15, 0.2) is 0 Å². The van der Waals surface area contributed by atoms with Crippen LogP contribution >= 0.6 is 0 Å². The van der Waals surface area contributed by atoms with Crippen molar-refractivity contribution < 1.29 is 4.74 Å². The molecule has 0 spiro atoms. The Morgan fingerprint density at radius 1 is 1.00 bits per heavy atom. The van der Waals surface area contributed by atoms with Gasteiger partial charge in [-0.25, -0.2) is 0 Å². The predicted octanol–water partition coefficient (Wildman–Crippen LogP) is 4.31. The maximum Gasteiger partial charge on any atom is 0.119 e. The zero-order chi connectivity index (χ0) is 18.2. The standard InChI is InChI=1S/C23H30N2O/c1-19(2)22-9-11-23(12-10-22)26-17-3-4-20-5-7-21(8-6-20)18-25-15-13-24-14-16-25/h3-12,19,24H,13-18H2,1-2H3/b4-3+. The van der Waals surface area contributed by atoms with Crippen LogP contribution in [-0.4, -0.2) is 37.7 Å². The van der Waals surface area contributed by atoms with Gasteiger partial charge in [0.2, 0.25) is 0 Å². The van der Waals surface area contributed by atoms with Gasteiger partial charge in [0.05, 0.1) is 0 Å². The summed E-state index contributed by atoms with van der Waals surface area (Å²) in [6, 6.07) is 17.2. The van der Waals surface area contributed by atoms with Gasteiger partial charge in [-0.3, -0.25) is 4.90 Å². The second-order valence-electron chi connectivity index (χ2n) is 7.20. The minimum Gasteiger partial charge on any atom is -0.490 e. The number of benzene rings is 2. The van der Waals surface area contributed by atoms with Crippen LogP contribution in [0.25, 0.3) is 6.08 Å². The minimum atomic E-state index is 0.554. The highest BCUT2D eigenvalue weighted by Crippen LogP contribution is 2.18. The van der Waals surface area contributed by atoms with E-state index in [0.29, 0.717) is 12.5 Å². The van der Waals surface area contributed by atoms with E-state index < -0.39 is 0 Å². The van der Waals surface area contributed by atoms with E-state index in [0.717, 1.165) is 38.5 Å². The number of rotatable bonds is 7. The molecule has 138 valence electrons. The topological polar surface area (TPSA) is 24.5 Å². The van der Waals surface area contributed by atoms with Crippen molar-refractivity contribution >= 4 is 6.08 Å². The van der Waals surface area contributed by atoms with Crippen molar-refractivity contribution in [2.75, 3.05) is 32.8 Å². The highest BCUT2D eigenvalue weighted by Gasteiger charge is 2.09. The van der Waals surface area contributed by atoms with Crippen molar-refractivity contribution in [3.63, 3.8) is 0 Å². The molecule has 26 heavy (non-hydrogen) atoms. The summed E-state index contributed by atoms with van der Waals surface area (Å²) in [7, 11) is 0. The van der Waals surface area contributed by atoms with Crippen molar-refractivity contribution in [2.24, 2.45) is 0 Å². The van der Waals surface area contributed by atoms with Gasteiger partial charge in [-0.1, -0.05) is 56.3 Å². The summed E-state index contributed by atoms with van der Waals surface area (Å²) in [5, 5.41) is 3.39. The molecule has 1 N–H and O–H groups in total. The van der Waals surface area contributed by atoms with Crippen LogP contribution in [0.2, 0.25) is 0 Å². The van der Waals surface area contributed by atoms with E-state index in [2.05, 4.69) is 72.6 Å². The lowest BCUT2D eigenvalue weighted by molar-refractivity contribution is 0.233. The Labute approximate surface area is 157 Å². The number of nitrogens with one attached hydrogen (secondary N) is 1. The first-order valence-corrected chi connectivity index (χ1v) is 9.62. The van der Waals surface area contributed by atoms with E-state index in [1.165, 1.54) is 16.7 Å². The number of hydrogen-bond acceptors (Lipinski definition) is 3. The number of hydrogen-bond donors (Lipinski definition) is 1. The molecule has 0 radical (unpaired) electrons. The van der Waals surface area contributed by atoms with Crippen LogP contribution in [0.3, 0.4) is 0 Å². The first-order valence-electron chi connectivity index (χ1n) is 9.62. The van der Waals surface area contributed by atoms with Crippen molar-refractivity contribution in [2.45, 2.75) is 26.3 Å². The zero-order valence-corrected chi connectivity index (χ0v) is 15.9. The number of piperazine rings is 1. The van der Waals surface area contributed by atoms with Gasteiger partial charge in [0, 0.05) is 32.7 Å².